The van der Waals surface area contributed by atoms with E-state index in [4.69, 9.17) is 0 Å². The van der Waals surface area contributed by atoms with Crippen molar-refractivity contribution < 1.29 is 9.31 Å². The molecule has 0 bridgehead atoms. The van der Waals surface area contributed by atoms with Gasteiger partial charge in [-0.15, -0.1) is 0 Å². The Morgan fingerprint density at radius 3 is 2.43 bits per heavy atom. The highest BCUT2D eigenvalue weighted by atomic mass is 19.1. The zero-order chi connectivity index (χ0) is 5.86. The van der Waals surface area contributed by atoms with Crippen LogP contribution in [0.15, 0.2) is 0 Å². The fourth-order valence-electron chi connectivity index (χ4n) is 0.149. The fourth-order valence-corrected chi connectivity index (χ4v) is 0.149. The lowest BCUT2D eigenvalue weighted by molar-refractivity contribution is -0.553. The monoisotopic (exact) mass is 107 g/mol. The van der Waals surface area contributed by atoms with Crippen LogP contribution < -0.4 is 0 Å². The molecule has 42 valence electrons. The summed E-state index contributed by atoms with van der Waals surface area (Å²) in [4.78, 5) is 8.42. The zero-order valence-electron chi connectivity index (χ0n) is 3.93. The van der Waals surface area contributed by atoms with E-state index in [2.05, 4.69) is 0 Å². The van der Waals surface area contributed by atoms with E-state index in [1.807, 2.05) is 0 Å². The second-order valence-corrected chi connectivity index (χ2v) is 1.13. The summed E-state index contributed by atoms with van der Waals surface area (Å²) >= 11 is 0. The van der Waals surface area contributed by atoms with Gasteiger partial charge in [0.05, 0.1) is 4.92 Å². The van der Waals surface area contributed by atoms with E-state index in [0.717, 1.165) is 0 Å². The van der Waals surface area contributed by atoms with Gasteiger partial charge in [-0.05, 0) is 0 Å². The molecule has 0 aromatic heterocycles. The average Bonchev–Trinajstić information content (AvgIpc) is 1.65. The standard InChI is InChI=1S/C3H6FNO2/c1-2-3(4)5(6)7/h3H,2H2,1H3. The molecule has 1 unspecified atom stereocenters. The predicted molar refractivity (Wildman–Crippen MR) is 22.2 cm³/mol. The Hall–Kier alpha value is -0.670. The van der Waals surface area contributed by atoms with Gasteiger partial charge in [0.15, 0.2) is 0 Å². The highest BCUT2D eigenvalue weighted by Gasteiger charge is 2.11. The largest absolute Gasteiger partial charge is 0.349 e. The van der Waals surface area contributed by atoms with Crippen molar-refractivity contribution in [2.24, 2.45) is 0 Å². The van der Waals surface area contributed by atoms with E-state index in [1.165, 1.54) is 6.92 Å². The first-order chi connectivity index (χ1) is 3.18. The summed E-state index contributed by atoms with van der Waals surface area (Å²) in [6.07, 6.45) is -1.92. The number of nitrogens with zero attached hydrogens (tertiary/aromatic N) is 1. The third-order valence-corrected chi connectivity index (χ3v) is 0.566. The van der Waals surface area contributed by atoms with Crippen molar-refractivity contribution in [2.45, 2.75) is 19.6 Å². The Morgan fingerprint density at radius 1 is 2.00 bits per heavy atom. The summed E-state index contributed by atoms with van der Waals surface area (Å²) in [5.41, 5.74) is 0. The summed E-state index contributed by atoms with van der Waals surface area (Å²) < 4.78 is 11.6. The van der Waals surface area contributed by atoms with Crippen LogP contribution in [0.1, 0.15) is 13.3 Å². The molecule has 0 N–H and O–H groups in total. The highest BCUT2D eigenvalue weighted by molar-refractivity contribution is 4.29. The molecule has 0 spiro atoms. The molecule has 0 aromatic carbocycles. The van der Waals surface area contributed by atoms with Gasteiger partial charge < -0.3 is 0 Å². The molecular formula is C3H6FNO2. The number of nitro groups is 1. The molecule has 0 saturated carbocycles. The summed E-state index contributed by atoms with van der Waals surface area (Å²) in [6.45, 7) is 1.42. The van der Waals surface area contributed by atoms with Gasteiger partial charge in [-0.2, -0.15) is 4.39 Å². The highest BCUT2D eigenvalue weighted by Crippen LogP contribution is 1.94. The van der Waals surface area contributed by atoms with Crippen molar-refractivity contribution in [1.82, 2.24) is 0 Å². The smallest absolute Gasteiger partial charge is 0.262 e. The molecule has 0 aliphatic rings. The van der Waals surface area contributed by atoms with Crippen molar-refractivity contribution in [3.8, 4) is 0 Å². The minimum atomic E-state index is -1.88. The van der Waals surface area contributed by atoms with Crippen LogP contribution in [0.3, 0.4) is 0 Å². The van der Waals surface area contributed by atoms with Crippen LogP contribution in [0.4, 0.5) is 4.39 Å². The molecule has 0 aromatic rings. The molecule has 0 radical (unpaired) electrons. The molecule has 0 aliphatic carbocycles. The number of rotatable bonds is 2. The van der Waals surface area contributed by atoms with Crippen LogP contribution in [0.2, 0.25) is 0 Å². The second kappa shape index (κ2) is 2.49. The summed E-state index contributed by atoms with van der Waals surface area (Å²) in [6, 6.07) is 0. The zero-order valence-corrected chi connectivity index (χ0v) is 3.93. The van der Waals surface area contributed by atoms with Crippen LogP contribution in [0.5, 0.6) is 0 Å². The van der Waals surface area contributed by atoms with Gasteiger partial charge in [-0.1, -0.05) is 6.92 Å². The maximum absolute atomic E-state index is 11.6. The Bertz CT molecular complexity index is 75.3. The third kappa shape index (κ3) is 2.08. The first-order valence-electron chi connectivity index (χ1n) is 1.96. The third-order valence-electron chi connectivity index (χ3n) is 0.566. The molecule has 4 heteroatoms. The van der Waals surface area contributed by atoms with Gasteiger partial charge in [-0.25, -0.2) is 0 Å². The van der Waals surface area contributed by atoms with Crippen molar-refractivity contribution >= 4 is 0 Å². The van der Waals surface area contributed by atoms with E-state index in [9.17, 15) is 14.5 Å². The van der Waals surface area contributed by atoms with Gasteiger partial charge in [0.25, 0.3) is 0 Å². The van der Waals surface area contributed by atoms with Crippen molar-refractivity contribution in [2.75, 3.05) is 0 Å². The molecule has 0 saturated heterocycles. The Morgan fingerprint density at radius 2 is 2.43 bits per heavy atom. The first-order valence-corrected chi connectivity index (χ1v) is 1.96. The topological polar surface area (TPSA) is 43.1 Å². The van der Waals surface area contributed by atoms with E-state index < -0.39 is 11.2 Å². The maximum atomic E-state index is 11.6. The molecular weight excluding hydrogens is 101 g/mol. The number of alkyl halides is 1. The number of hydrogen-bond acceptors (Lipinski definition) is 2. The lowest BCUT2D eigenvalue weighted by Gasteiger charge is -1.90. The molecule has 0 aliphatic heterocycles. The van der Waals surface area contributed by atoms with Crippen LogP contribution in [0, 0.1) is 10.1 Å². The quantitative estimate of drug-likeness (QED) is 0.300. The minimum absolute atomic E-state index is 0.0486. The van der Waals surface area contributed by atoms with E-state index in [0.29, 0.717) is 0 Å². The normalized spacial score (nSPS) is 13.4. The Balaban J connectivity index is 3.34. The molecule has 0 amide bonds. The summed E-state index contributed by atoms with van der Waals surface area (Å²) in [5, 5.41) is 9.36. The van der Waals surface area contributed by atoms with E-state index in [-0.39, 0.29) is 6.42 Å². The van der Waals surface area contributed by atoms with Crippen LogP contribution in [-0.4, -0.2) is 11.2 Å². The van der Waals surface area contributed by atoms with Crippen molar-refractivity contribution in [3.63, 3.8) is 0 Å². The van der Waals surface area contributed by atoms with Gasteiger partial charge >= 0.3 is 6.30 Å². The van der Waals surface area contributed by atoms with Crippen LogP contribution >= 0.6 is 0 Å². The summed E-state index contributed by atoms with van der Waals surface area (Å²) in [5.74, 6) is 0. The van der Waals surface area contributed by atoms with Gasteiger partial charge in [0.2, 0.25) is 0 Å². The lowest BCUT2D eigenvalue weighted by Crippen LogP contribution is -2.10. The molecule has 1 atom stereocenters. The fraction of sp³-hybridized carbons (Fsp3) is 1.00. The summed E-state index contributed by atoms with van der Waals surface area (Å²) in [7, 11) is 0. The second-order valence-electron chi connectivity index (χ2n) is 1.13. The van der Waals surface area contributed by atoms with Crippen LogP contribution in [-0.2, 0) is 0 Å². The number of hydrogen-bond donors (Lipinski definition) is 0. The number of halogens is 1. The maximum Gasteiger partial charge on any atom is 0.349 e. The first kappa shape index (κ1) is 6.33. The van der Waals surface area contributed by atoms with Gasteiger partial charge in [0, 0.05) is 6.42 Å². The van der Waals surface area contributed by atoms with Crippen molar-refractivity contribution in [1.29, 1.82) is 0 Å². The minimum Gasteiger partial charge on any atom is -0.262 e. The average molecular weight is 107 g/mol. The molecule has 0 heterocycles. The molecule has 7 heavy (non-hydrogen) atoms. The van der Waals surface area contributed by atoms with Crippen molar-refractivity contribution in [3.05, 3.63) is 10.1 Å². The Kier molecular flexibility index (Phi) is 2.26. The van der Waals surface area contributed by atoms with E-state index in [1.54, 1.807) is 0 Å². The van der Waals surface area contributed by atoms with E-state index >= 15 is 0 Å². The lowest BCUT2D eigenvalue weighted by atomic mass is 10.5. The SMILES string of the molecule is CCC(F)[N+](=O)[O-]. The molecule has 0 fully saturated rings. The van der Waals surface area contributed by atoms with Gasteiger partial charge in [-0.3, -0.25) is 10.1 Å². The molecule has 3 nitrogen and oxygen atoms in total. The molecule has 0 rings (SSSR count). The predicted octanol–water partition coefficient (Wildman–Crippen LogP) is 0.969. The Labute approximate surface area is 40.3 Å². The van der Waals surface area contributed by atoms with Crippen LogP contribution in [0.25, 0.3) is 0 Å². The van der Waals surface area contributed by atoms with Gasteiger partial charge in [0.1, 0.15) is 0 Å².